The number of carbonyl (C=O) groups excluding carboxylic acids is 1. The monoisotopic (exact) mass is 212 g/mol. The maximum absolute atomic E-state index is 11.4. The first-order valence-corrected chi connectivity index (χ1v) is 5.81. The highest BCUT2D eigenvalue weighted by molar-refractivity contribution is 5.78. The predicted octanol–water partition coefficient (Wildman–Crippen LogP) is 1.85. The number of nitrogens with one attached hydrogen (secondary N) is 2. The van der Waals surface area contributed by atoms with E-state index in [1.54, 1.807) is 6.08 Å². The fourth-order valence-corrected chi connectivity index (χ4v) is 1.39. The van der Waals surface area contributed by atoms with Gasteiger partial charge in [0.25, 0.3) is 0 Å². The standard InChI is InChI=1S/C12H24N2O/c1-4-6-7-8-11(3)14-12(15)10-13-9-5-2/h5,11,13H,2,4,6-10H2,1,3H3,(H,14,15). The molecule has 1 amide bonds. The van der Waals surface area contributed by atoms with Gasteiger partial charge in [-0.05, 0) is 13.3 Å². The van der Waals surface area contributed by atoms with Crippen LogP contribution < -0.4 is 10.6 Å². The first-order valence-electron chi connectivity index (χ1n) is 5.81. The molecule has 0 bridgehead atoms. The first-order chi connectivity index (χ1) is 7.20. The largest absolute Gasteiger partial charge is 0.353 e. The molecule has 0 aliphatic carbocycles. The van der Waals surface area contributed by atoms with Crippen molar-refractivity contribution in [2.45, 2.75) is 45.6 Å². The molecule has 0 aliphatic heterocycles. The van der Waals surface area contributed by atoms with Crippen LogP contribution in [0, 0.1) is 0 Å². The zero-order valence-corrected chi connectivity index (χ0v) is 10.0. The van der Waals surface area contributed by atoms with Crippen LogP contribution in [-0.4, -0.2) is 25.0 Å². The molecule has 0 saturated carbocycles. The highest BCUT2D eigenvalue weighted by Crippen LogP contribution is 2.02. The van der Waals surface area contributed by atoms with Crippen LogP contribution in [0.3, 0.4) is 0 Å². The summed E-state index contributed by atoms with van der Waals surface area (Å²) in [4.78, 5) is 11.4. The van der Waals surface area contributed by atoms with Gasteiger partial charge >= 0.3 is 0 Å². The number of hydrogen-bond acceptors (Lipinski definition) is 2. The molecule has 15 heavy (non-hydrogen) atoms. The maximum atomic E-state index is 11.4. The van der Waals surface area contributed by atoms with Crippen LogP contribution in [0.25, 0.3) is 0 Å². The molecule has 88 valence electrons. The van der Waals surface area contributed by atoms with Gasteiger partial charge in [0.05, 0.1) is 6.54 Å². The van der Waals surface area contributed by atoms with Gasteiger partial charge < -0.3 is 10.6 Å². The Morgan fingerprint density at radius 1 is 1.47 bits per heavy atom. The van der Waals surface area contributed by atoms with E-state index in [1.807, 2.05) is 0 Å². The second-order valence-corrected chi connectivity index (χ2v) is 3.88. The molecule has 0 radical (unpaired) electrons. The fraction of sp³-hybridized carbons (Fsp3) is 0.750. The molecule has 0 heterocycles. The van der Waals surface area contributed by atoms with Gasteiger partial charge in [-0.3, -0.25) is 4.79 Å². The van der Waals surface area contributed by atoms with E-state index in [-0.39, 0.29) is 11.9 Å². The van der Waals surface area contributed by atoms with Crippen LogP contribution >= 0.6 is 0 Å². The molecule has 0 aromatic rings. The summed E-state index contributed by atoms with van der Waals surface area (Å²) in [6.45, 7) is 8.87. The van der Waals surface area contributed by atoms with Crippen molar-refractivity contribution < 1.29 is 4.79 Å². The van der Waals surface area contributed by atoms with Crippen LogP contribution in [-0.2, 0) is 4.79 Å². The quantitative estimate of drug-likeness (QED) is 0.452. The molecular weight excluding hydrogens is 188 g/mol. The Morgan fingerprint density at radius 3 is 2.80 bits per heavy atom. The van der Waals surface area contributed by atoms with Crippen LogP contribution in [0.15, 0.2) is 12.7 Å². The minimum Gasteiger partial charge on any atom is -0.353 e. The molecule has 0 spiro atoms. The minimum atomic E-state index is 0.0702. The molecule has 3 nitrogen and oxygen atoms in total. The Labute approximate surface area is 93.3 Å². The number of amides is 1. The van der Waals surface area contributed by atoms with Gasteiger partial charge in [0.1, 0.15) is 0 Å². The molecule has 0 fully saturated rings. The summed E-state index contributed by atoms with van der Waals surface area (Å²) in [7, 11) is 0. The van der Waals surface area contributed by atoms with Crippen LogP contribution in [0.1, 0.15) is 39.5 Å². The lowest BCUT2D eigenvalue weighted by Gasteiger charge is -2.13. The van der Waals surface area contributed by atoms with Crippen molar-refractivity contribution in [3.63, 3.8) is 0 Å². The Kier molecular flexibility index (Phi) is 9.18. The van der Waals surface area contributed by atoms with E-state index in [9.17, 15) is 4.79 Å². The summed E-state index contributed by atoms with van der Waals surface area (Å²) >= 11 is 0. The van der Waals surface area contributed by atoms with Crippen molar-refractivity contribution in [2.75, 3.05) is 13.1 Å². The van der Waals surface area contributed by atoms with Crippen molar-refractivity contribution in [3.05, 3.63) is 12.7 Å². The van der Waals surface area contributed by atoms with Crippen molar-refractivity contribution in [3.8, 4) is 0 Å². The zero-order valence-electron chi connectivity index (χ0n) is 10.0. The Bertz CT molecular complexity index is 180. The number of unbranched alkanes of at least 4 members (excludes halogenated alkanes) is 2. The number of carbonyl (C=O) groups is 1. The summed E-state index contributed by atoms with van der Waals surface area (Å²) in [6.07, 6.45) is 6.48. The van der Waals surface area contributed by atoms with Crippen LogP contribution in [0.4, 0.5) is 0 Å². The Morgan fingerprint density at radius 2 is 2.20 bits per heavy atom. The third-order valence-corrected chi connectivity index (χ3v) is 2.22. The summed E-state index contributed by atoms with van der Waals surface area (Å²) in [5.41, 5.74) is 0. The van der Waals surface area contributed by atoms with Crippen LogP contribution in [0.5, 0.6) is 0 Å². The van der Waals surface area contributed by atoms with Crippen LogP contribution in [0.2, 0.25) is 0 Å². The van der Waals surface area contributed by atoms with Gasteiger partial charge in [0, 0.05) is 12.6 Å². The molecular formula is C12H24N2O. The van der Waals surface area contributed by atoms with Gasteiger partial charge in [0.2, 0.25) is 5.91 Å². The lowest BCUT2D eigenvalue weighted by atomic mass is 10.1. The fourth-order valence-electron chi connectivity index (χ4n) is 1.39. The smallest absolute Gasteiger partial charge is 0.234 e. The molecule has 0 aromatic carbocycles. The van der Waals surface area contributed by atoms with Crippen molar-refractivity contribution in [1.29, 1.82) is 0 Å². The second-order valence-electron chi connectivity index (χ2n) is 3.88. The van der Waals surface area contributed by atoms with Crippen molar-refractivity contribution in [1.82, 2.24) is 10.6 Å². The summed E-state index contributed by atoms with van der Waals surface area (Å²) in [6, 6.07) is 0.287. The molecule has 2 N–H and O–H groups in total. The number of rotatable bonds is 9. The van der Waals surface area contributed by atoms with Gasteiger partial charge in [-0.25, -0.2) is 0 Å². The molecule has 1 unspecified atom stereocenters. The SMILES string of the molecule is C=CCNCC(=O)NC(C)CCCCC. The highest BCUT2D eigenvalue weighted by Gasteiger charge is 2.05. The highest BCUT2D eigenvalue weighted by atomic mass is 16.1. The van der Waals surface area contributed by atoms with Gasteiger partial charge in [-0.1, -0.05) is 32.3 Å². The molecule has 0 aliphatic rings. The molecule has 1 atom stereocenters. The first kappa shape index (κ1) is 14.2. The molecule has 0 saturated heterocycles. The van der Waals surface area contributed by atoms with Crippen molar-refractivity contribution >= 4 is 5.91 Å². The average Bonchev–Trinajstić information content (AvgIpc) is 2.18. The van der Waals surface area contributed by atoms with E-state index in [0.717, 1.165) is 6.42 Å². The third kappa shape index (κ3) is 9.47. The van der Waals surface area contributed by atoms with Gasteiger partial charge in [-0.15, -0.1) is 6.58 Å². The van der Waals surface area contributed by atoms with E-state index < -0.39 is 0 Å². The van der Waals surface area contributed by atoms with E-state index in [2.05, 4.69) is 31.1 Å². The van der Waals surface area contributed by atoms with E-state index in [0.29, 0.717) is 13.1 Å². The summed E-state index contributed by atoms with van der Waals surface area (Å²) < 4.78 is 0. The molecule has 0 aromatic heterocycles. The number of hydrogen-bond donors (Lipinski definition) is 2. The van der Waals surface area contributed by atoms with Gasteiger partial charge in [-0.2, -0.15) is 0 Å². The molecule has 0 rings (SSSR count). The minimum absolute atomic E-state index is 0.0702. The second kappa shape index (κ2) is 9.71. The van der Waals surface area contributed by atoms with E-state index in [1.165, 1.54) is 19.3 Å². The maximum Gasteiger partial charge on any atom is 0.234 e. The Balaban J connectivity index is 3.44. The topological polar surface area (TPSA) is 41.1 Å². The lowest BCUT2D eigenvalue weighted by molar-refractivity contribution is -0.120. The van der Waals surface area contributed by atoms with E-state index in [4.69, 9.17) is 0 Å². The molecule has 3 heteroatoms. The van der Waals surface area contributed by atoms with Gasteiger partial charge in [0.15, 0.2) is 0 Å². The Hall–Kier alpha value is -0.830. The van der Waals surface area contributed by atoms with E-state index >= 15 is 0 Å². The average molecular weight is 212 g/mol. The van der Waals surface area contributed by atoms with Crippen molar-refractivity contribution in [2.24, 2.45) is 0 Å². The normalized spacial score (nSPS) is 12.1. The lowest BCUT2D eigenvalue weighted by Crippen LogP contribution is -2.39. The summed E-state index contributed by atoms with van der Waals surface area (Å²) in [5.74, 6) is 0.0702. The third-order valence-electron chi connectivity index (χ3n) is 2.22. The summed E-state index contributed by atoms with van der Waals surface area (Å²) in [5, 5.41) is 5.94. The zero-order chi connectivity index (χ0) is 11.5. The predicted molar refractivity (Wildman–Crippen MR) is 64.8 cm³/mol.